The van der Waals surface area contributed by atoms with Crippen molar-refractivity contribution in [3.8, 4) is 0 Å². The maximum atomic E-state index is 13.1. The van der Waals surface area contributed by atoms with E-state index in [-0.39, 0.29) is 10.9 Å². The predicted molar refractivity (Wildman–Crippen MR) is 88.2 cm³/mol. The van der Waals surface area contributed by atoms with Crippen LogP contribution in [0.25, 0.3) is 0 Å². The standard InChI is InChI=1S/C18H20FNO2S/c1-13-5-10-17(14(2)12-13)18-4-3-11-20(18)23(21,22)16-8-6-15(19)7-9-16/h5-10,12,18H,3-4,11H2,1-2H3/t18-/m0/s1. The van der Waals surface area contributed by atoms with E-state index in [2.05, 4.69) is 6.07 Å². The minimum absolute atomic E-state index is 0.148. The van der Waals surface area contributed by atoms with Crippen LogP contribution in [0.4, 0.5) is 4.39 Å². The minimum atomic E-state index is -3.61. The van der Waals surface area contributed by atoms with Crippen LogP contribution in [0.1, 0.15) is 35.6 Å². The molecule has 0 saturated carbocycles. The Morgan fingerprint density at radius 3 is 2.43 bits per heavy atom. The lowest BCUT2D eigenvalue weighted by molar-refractivity contribution is 0.395. The molecule has 1 saturated heterocycles. The Bertz CT molecular complexity index is 815. The summed E-state index contributed by atoms with van der Waals surface area (Å²) in [4.78, 5) is 0.149. The third kappa shape index (κ3) is 3.03. The van der Waals surface area contributed by atoms with E-state index in [0.29, 0.717) is 6.54 Å². The highest BCUT2D eigenvalue weighted by Gasteiger charge is 2.36. The lowest BCUT2D eigenvalue weighted by Gasteiger charge is -2.26. The summed E-state index contributed by atoms with van der Waals surface area (Å²) in [5.74, 6) is -0.434. The number of sulfonamides is 1. The van der Waals surface area contributed by atoms with Gasteiger partial charge in [-0.25, -0.2) is 12.8 Å². The van der Waals surface area contributed by atoms with E-state index in [1.54, 1.807) is 4.31 Å². The van der Waals surface area contributed by atoms with Crippen molar-refractivity contribution in [2.24, 2.45) is 0 Å². The van der Waals surface area contributed by atoms with Crippen molar-refractivity contribution in [2.75, 3.05) is 6.54 Å². The van der Waals surface area contributed by atoms with Crippen LogP contribution in [0.2, 0.25) is 0 Å². The minimum Gasteiger partial charge on any atom is -0.207 e. The number of halogens is 1. The van der Waals surface area contributed by atoms with E-state index >= 15 is 0 Å². The fourth-order valence-corrected chi connectivity index (χ4v) is 4.95. The van der Waals surface area contributed by atoms with E-state index in [0.717, 1.165) is 29.5 Å². The van der Waals surface area contributed by atoms with Crippen molar-refractivity contribution in [1.82, 2.24) is 4.31 Å². The van der Waals surface area contributed by atoms with Crippen molar-refractivity contribution >= 4 is 10.0 Å². The van der Waals surface area contributed by atoms with Gasteiger partial charge in [-0.3, -0.25) is 0 Å². The summed E-state index contributed by atoms with van der Waals surface area (Å²) in [6, 6.07) is 11.0. The molecule has 0 bridgehead atoms. The normalized spacial score (nSPS) is 19.2. The average Bonchev–Trinajstić information content (AvgIpc) is 2.97. The first-order valence-corrected chi connectivity index (χ1v) is 9.18. The lowest BCUT2D eigenvalue weighted by Crippen LogP contribution is -2.31. The van der Waals surface area contributed by atoms with Gasteiger partial charge in [0.15, 0.2) is 0 Å². The number of nitrogens with zero attached hydrogens (tertiary/aromatic N) is 1. The van der Waals surface area contributed by atoms with Crippen molar-refractivity contribution in [3.05, 3.63) is 65.0 Å². The molecular formula is C18H20FNO2S. The summed E-state index contributed by atoms with van der Waals surface area (Å²) < 4.78 is 40.5. The first-order valence-electron chi connectivity index (χ1n) is 7.74. The number of rotatable bonds is 3. The third-order valence-corrected chi connectivity index (χ3v) is 6.33. The Morgan fingerprint density at radius 1 is 1.09 bits per heavy atom. The number of aryl methyl sites for hydroxylation is 2. The number of hydrogen-bond acceptors (Lipinski definition) is 2. The molecule has 2 aromatic rings. The quantitative estimate of drug-likeness (QED) is 0.852. The van der Waals surface area contributed by atoms with Crippen LogP contribution >= 0.6 is 0 Å². The molecule has 1 aliphatic rings. The number of benzene rings is 2. The third-order valence-electron chi connectivity index (χ3n) is 4.41. The Hall–Kier alpha value is -1.72. The first-order chi connectivity index (χ1) is 10.9. The van der Waals surface area contributed by atoms with Gasteiger partial charge in [-0.05, 0) is 62.1 Å². The maximum Gasteiger partial charge on any atom is 0.243 e. The van der Waals surface area contributed by atoms with E-state index < -0.39 is 15.8 Å². The van der Waals surface area contributed by atoms with Gasteiger partial charge in [0.2, 0.25) is 10.0 Å². The Kier molecular flexibility index (Phi) is 4.25. The first kappa shape index (κ1) is 16.1. The van der Waals surface area contributed by atoms with E-state index in [1.165, 1.54) is 24.3 Å². The SMILES string of the molecule is Cc1ccc([C@@H]2CCCN2S(=O)(=O)c2ccc(F)cc2)c(C)c1. The average molecular weight is 333 g/mol. The molecule has 0 spiro atoms. The molecule has 0 radical (unpaired) electrons. The molecule has 1 heterocycles. The molecule has 5 heteroatoms. The summed E-state index contributed by atoms with van der Waals surface area (Å²) in [6.07, 6.45) is 1.64. The molecule has 23 heavy (non-hydrogen) atoms. The smallest absolute Gasteiger partial charge is 0.207 e. The highest BCUT2D eigenvalue weighted by Crippen LogP contribution is 2.38. The predicted octanol–water partition coefficient (Wildman–Crippen LogP) is 3.97. The molecule has 0 amide bonds. The molecule has 0 aliphatic carbocycles. The van der Waals surface area contributed by atoms with Crippen LogP contribution in [0.5, 0.6) is 0 Å². The van der Waals surface area contributed by atoms with Gasteiger partial charge in [0.25, 0.3) is 0 Å². The van der Waals surface area contributed by atoms with Crippen LogP contribution in [0, 0.1) is 19.7 Å². The maximum absolute atomic E-state index is 13.1. The summed E-state index contributed by atoms with van der Waals surface area (Å²) >= 11 is 0. The Balaban J connectivity index is 1.99. The van der Waals surface area contributed by atoms with Crippen LogP contribution in [-0.2, 0) is 10.0 Å². The number of hydrogen-bond donors (Lipinski definition) is 0. The van der Waals surface area contributed by atoms with E-state index in [4.69, 9.17) is 0 Å². The molecule has 122 valence electrons. The van der Waals surface area contributed by atoms with Crippen molar-refractivity contribution in [2.45, 2.75) is 37.6 Å². The van der Waals surface area contributed by atoms with Crippen LogP contribution in [0.3, 0.4) is 0 Å². The summed E-state index contributed by atoms with van der Waals surface area (Å²) in [5.41, 5.74) is 3.33. The molecule has 1 aliphatic heterocycles. The summed E-state index contributed by atoms with van der Waals surface area (Å²) in [7, 11) is -3.61. The van der Waals surface area contributed by atoms with Gasteiger partial charge in [-0.2, -0.15) is 4.31 Å². The second kappa shape index (κ2) is 6.06. The molecule has 3 rings (SSSR count). The van der Waals surface area contributed by atoms with Crippen molar-refractivity contribution in [3.63, 3.8) is 0 Å². The fraction of sp³-hybridized carbons (Fsp3) is 0.333. The van der Waals surface area contributed by atoms with Gasteiger partial charge in [0, 0.05) is 6.54 Å². The molecule has 1 fully saturated rings. The van der Waals surface area contributed by atoms with Gasteiger partial charge >= 0.3 is 0 Å². The second-order valence-electron chi connectivity index (χ2n) is 6.09. The largest absolute Gasteiger partial charge is 0.243 e. The zero-order valence-electron chi connectivity index (χ0n) is 13.3. The monoisotopic (exact) mass is 333 g/mol. The molecule has 1 atom stereocenters. The highest BCUT2D eigenvalue weighted by molar-refractivity contribution is 7.89. The van der Waals surface area contributed by atoms with E-state index in [9.17, 15) is 12.8 Å². The zero-order chi connectivity index (χ0) is 16.6. The van der Waals surface area contributed by atoms with Crippen LogP contribution in [-0.4, -0.2) is 19.3 Å². The molecule has 3 nitrogen and oxygen atoms in total. The molecule has 2 aromatic carbocycles. The Labute approximate surface area is 136 Å². The highest BCUT2D eigenvalue weighted by atomic mass is 32.2. The molecule has 0 unspecified atom stereocenters. The topological polar surface area (TPSA) is 37.4 Å². The van der Waals surface area contributed by atoms with Gasteiger partial charge in [0.1, 0.15) is 5.82 Å². The van der Waals surface area contributed by atoms with Gasteiger partial charge in [-0.15, -0.1) is 0 Å². The summed E-state index contributed by atoms with van der Waals surface area (Å²) in [6.45, 7) is 4.54. The van der Waals surface area contributed by atoms with Crippen molar-refractivity contribution in [1.29, 1.82) is 0 Å². The molecular weight excluding hydrogens is 313 g/mol. The molecule has 0 N–H and O–H groups in total. The zero-order valence-corrected chi connectivity index (χ0v) is 14.1. The fourth-order valence-electron chi connectivity index (χ4n) is 3.28. The second-order valence-corrected chi connectivity index (χ2v) is 7.98. The van der Waals surface area contributed by atoms with Gasteiger partial charge in [0.05, 0.1) is 10.9 Å². The summed E-state index contributed by atoms with van der Waals surface area (Å²) in [5, 5.41) is 0. The van der Waals surface area contributed by atoms with Crippen LogP contribution in [0.15, 0.2) is 47.4 Å². The van der Waals surface area contributed by atoms with Crippen LogP contribution < -0.4 is 0 Å². The Morgan fingerprint density at radius 2 is 1.78 bits per heavy atom. The van der Waals surface area contributed by atoms with Crippen molar-refractivity contribution < 1.29 is 12.8 Å². The van der Waals surface area contributed by atoms with E-state index in [1.807, 2.05) is 26.0 Å². The molecule has 0 aromatic heterocycles. The van der Waals surface area contributed by atoms with Gasteiger partial charge in [-0.1, -0.05) is 23.8 Å². The van der Waals surface area contributed by atoms with Gasteiger partial charge < -0.3 is 0 Å². The lowest BCUT2D eigenvalue weighted by atomic mass is 9.98.